The summed E-state index contributed by atoms with van der Waals surface area (Å²) in [5.41, 5.74) is 1.71. The van der Waals surface area contributed by atoms with Crippen LogP contribution in [0.4, 0.5) is 5.69 Å². The zero-order valence-electron chi connectivity index (χ0n) is 18.3. The number of aliphatic hydroxyl groups is 2. The molecular formula is C24H31N3O5. The third kappa shape index (κ3) is 4.88. The van der Waals surface area contributed by atoms with Crippen LogP contribution in [0.1, 0.15) is 10.4 Å². The lowest BCUT2D eigenvalue weighted by Gasteiger charge is -2.41. The molecule has 0 aromatic heterocycles. The first-order chi connectivity index (χ1) is 15.6. The fourth-order valence-electron chi connectivity index (χ4n) is 4.55. The Hall–Kier alpha value is -2.65. The molecule has 0 bridgehead atoms. The number of nitrogens with one attached hydrogen (secondary N) is 1. The predicted octanol–water partition coefficient (Wildman–Crippen LogP) is 0.736. The first-order valence-electron chi connectivity index (χ1n) is 11.0. The summed E-state index contributed by atoms with van der Waals surface area (Å²) in [7, 11) is 1.58. The van der Waals surface area contributed by atoms with Crippen molar-refractivity contribution in [1.29, 1.82) is 0 Å². The van der Waals surface area contributed by atoms with Crippen molar-refractivity contribution < 1.29 is 24.5 Å². The Labute approximate surface area is 188 Å². The lowest BCUT2D eigenvalue weighted by Crippen LogP contribution is -2.57. The highest BCUT2D eigenvalue weighted by atomic mass is 16.5. The molecule has 0 radical (unpaired) electrons. The molecule has 172 valence electrons. The van der Waals surface area contributed by atoms with Gasteiger partial charge in [-0.05, 0) is 36.4 Å². The van der Waals surface area contributed by atoms with E-state index in [2.05, 4.69) is 27.2 Å². The summed E-state index contributed by atoms with van der Waals surface area (Å²) in [6.07, 6.45) is -1.88. The average Bonchev–Trinajstić information content (AvgIpc) is 3.18. The van der Waals surface area contributed by atoms with Gasteiger partial charge in [0.1, 0.15) is 18.0 Å². The maximum Gasteiger partial charge on any atom is 0.251 e. The number of hydrogen-bond acceptors (Lipinski definition) is 7. The van der Waals surface area contributed by atoms with Gasteiger partial charge in [0.15, 0.2) is 0 Å². The maximum atomic E-state index is 12.6. The van der Waals surface area contributed by atoms with Gasteiger partial charge in [-0.3, -0.25) is 9.69 Å². The monoisotopic (exact) mass is 441 g/mol. The van der Waals surface area contributed by atoms with Crippen molar-refractivity contribution in [3.8, 4) is 5.75 Å². The van der Waals surface area contributed by atoms with Gasteiger partial charge in [0.25, 0.3) is 5.91 Å². The molecule has 2 heterocycles. The molecule has 8 heteroatoms. The van der Waals surface area contributed by atoms with Gasteiger partial charge in [0.2, 0.25) is 0 Å². The highest BCUT2D eigenvalue weighted by molar-refractivity contribution is 5.94. The topological polar surface area (TPSA) is 94.5 Å². The minimum absolute atomic E-state index is 0.217. The smallest absolute Gasteiger partial charge is 0.251 e. The standard InChI is InChI=1S/C24H31N3O5/c1-31-19-9-7-17(8-10-19)24(30)25-15-20-22(23(29)21(16-28)32-20)27-13-11-26(12-14-27)18-5-3-2-4-6-18/h2-10,20-23,28-29H,11-16H2,1H3,(H,25,30)/t20-,21-,22-,23+/m0/s1. The molecule has 4 atom stereocenters. The molecular weight excluding hydrogens is 410 g/mol. The molecule has 0 aliphatic carbocycles. The van der Waals surface area contributed by atoms with Crippen LogP contribution in [-0.4, -0.2) is 91.8 Å². The molecule has 2 aliphatic rings. The van der Waals surface area contributed by atoms with Gasteiger partial charge in [0, 0.05) is 44.0 Å². The number of benzene rings is 2. The molecule has 2 aliphatic heterocycles. The van der Waals surface area contributed by atoms with E-state index in [1.807, 2.05) is 18.2 Å². The normalized spacial score (nSPS) is 26.2. The predicted molar refractivity (Wildman–Crippen MR) is 121 cm³/mol. The molecule has 0 saturated carbocycles. The fraction of sp³-hybridized carbons (Fsp3) is 0.458. The Bertz CT molecular complexity index is 871. The van der Waals surface area contributed by atoms with Gasteiger partial charge in [-0.2, -0.15) is 0 Å². The van der Waals surface area contributed by atoms with Crippen LogP contribution < -0.4 is 15.0 Å². The number of amides is 1. The molecule has 8 nitrogen and oxygen atoms in total. The highest BCUT2D eigenvalue weighted by Crippen LogP contribution is 2.27. The quantitative estimate of drug-likeness (QED) is 0.583. The minimum atomic E-state index is -0.814. The summed E-state index contributed by atoms with van der Waals surface area (Å²) in [5, 5.41) is 23.4. The Morgan fingerprint density at radius 3 is 2.38 bits per heavy atom. The Morgan fingerprint density at radius 2 is 1.75 bits per heavy atom. The second-order valence-electron chi connectivity index (χ2n) is 8.17. The molecule has 0 unspecified atom stereocenters. The van der Waals surface area contributed by atoms with Crippen molar-refractivity contribution in [2.45, 2.75) is 24.4 Å². The molecule has 1 amide bonds. The van der Waals surface area contributed by atoms with E-state index in [-0.39, 0.29) is 25.1 Å². The SMILES string of the molecule is COc1ccc(C(=O)NC[C@@H]2O[C@@H](CO)[C@@H](O)[C@H]2N2CCN(c3ccccc3)CC2)cc1. The van der Waals surface area contributed by atoms with Crippen LogP contribution in [0.3, 0.4) is 0 Å². The van der Waals surface area contributed by atoms with Gasteiger partial charge in [-0.15, -0.1) is 0 Å². The number of ether oxygens (including phenoxy) is 2. The lowest BCUT2D eigenvalue weighted by molar-refractivity contribution is -0.0209. The van der Waals surface area contributed by atoms with Gasteiger partial charge in [0.05, 0.1) is 25.9 Å². The first-order valence-corrected chi connectivity index (χ1v) is 11.0. The summed E-state index contributed by atoms with van der Waals surface area (Å²) in [6, 6.07) is 16.9. The number of para-hydroxylation sites is 1. The van der Waals surface area contributed by atoms with Crippen molar-refractivity contribution >= 4 is 11.6 Å². The number of rotatable bonds is 7. The molecule has 3 N–H and O–H groups in total. The third-order valence-corrected chi connectivity index (χ3v) is 6.31. The second-order valence-corrected chi connectivity index (χ2v) is 8.17. The van der Waals surface area contributed by atoms with Crippen molar-refractivity contribution in [3.05, 3.63) is 60.2 Å². The van der Waals surface area contributed by atoms with Crippen molar-refractivity contribution in [3.63, 3.8) is 0 Å². The number of methoxy groups -OCH3 is 1. The maximum absolute atomic E-state index is 12.6. The first kappa shape index (κ1) is 22.5. The van der Waals surface area contributed by atoms with E-state index in [0.717, 1.165) is 26.2 Å². The minimum Gasteiger partial charge on any atom is -0.497 e. The molecule has 2 aromatic rings. The number of anilines is 1. The number of carbonyl (C=O) groups excluding carboxylic acids is 1. The summed E-state index contributed by atoms with van der Waals surface area (Å²) in [5.74, 6) is 0.468. The number of hydrogen-bond donors (Lipinski definition) is 3. The van der Waals surface area contributed by atoms with Crippen LogP contribution in [0, 0.1) is 0 Å². The molecule has 32 heavy (non-hydrogen) atoms. The fourth-order valence-corrected chi connectivity index (χ4v) is 4.55. The number of nitrogens with zero attached hydrogens (tertiary/aromatic N) is 2. The average molecular weight is 442 g/mol. The van der Waals surface area contributed by atoms with E-state index < -0.39 is 18.3 Å². The molecule has 2 aromatic carbocycles. The highest BCUT2D eigenvalue weighted by Gasteiger charge is 2.46. The van der Waals surface area contributed by atoms with E-state index in [1.54, 1.807) is 31.4 Å². The Balaban J connectivity index is 1.38. The van der Waals surface area contributed by atoms with Gasteiger partial charge in [-0.25, -0.2) is 0 Å². The van der Waals surface area contributed by atoms with Crippen LogP contribution in [-0.2, 0) is 4.74 Å². The molecule has 0 spiro atoms. The molecule has 4 rings (SSSR count). The van der Waals surface area contributed by atoms with Crippen molar-refractivity contribution in [1.82, 2.24) is 10.2 Å². The Morgan fingerprint density at radius 1 is 1.06 bits per heavy atom. The van der Waals surface area contributed by atoms with E-state index in [0.29, 0.717) is 11.3 Å². The zero-order valence-corrected chi connectivity index (χ0v) is 18.3. The van der Waals surface area contributed by atoms with Crippen LogP contribution in [0.5, 0.6) is 5.75 Å². The van der Waals surface area contributed by atoms with Crippen LogP contribution in [0.15, 0.2) is 54.6 Å². The van der Waals surface area contributed by atoms with Crippen LogP contribution in [0.25, 0.3) is 0 Å². The summed E-state index contributed by atoms with van der Waals surface area (Å²) >= 11 is 0. The molecule has 2 saturated heterocycles. The second kappa shape index (κ2) is 10.3. The summed E-state index contributed by atoms with van der Waals surface area (Å²) in [4.78, 5) is 17.1. The number of aliphatic hydroxyl groups excluding tert-OH is 2. The third-order valence-electron chi connectivity index (χ3n) is 6.31. The Kier molecular flexibility index (Phi) is 7.26. The van der Waals surface area contributed by atoms with Gasteiger partial charge >= 0.3 is 0 Å². The number of piperazine rings is 1. The zero-order chi connectivity index (χ0) is 22.5. The van der Waals surface area contributed by atoms with Crippen molar-refractivity contribution in [2.75, 3.05) is 51.3 Å². The van der Waals surface area contributed by atoms with Gasteiger partial charge in [-0.1, -0.05) is 18.2 Å². The van der Waals surface area contributed by atoms with Gasteiger partial charge < -0.3 is 29.9 Å². The van der Waals surface area contributed by atoms with E-state index in [4.69, 9.17) is 9.47 Å². The molecule has 2 fully saturated rings. The lowest BCUT2D eigenvalue weighted by atomic mass is 10.0. The van der Waals surface area contributed by atoms with E-state index in [9.17, 15) is 15.0 Å². The number of carbonyl (C=O) groups is 1. The van der Waals surface area contributed by atoms with E-state index in [1.165, 1.54) is 5.69 Å². The summed E-state index contributed by atoms with van der Waals surface area (Å²) < 4.78 is 11.1. The van der Waals surface area contributed by atoms with Crippen LogP contribution in [0.2, 0.25) is 0 Å². The van der Waals surface area contributed by atoms with Crippen molar-refractivity contribution in [2.24, 2.45) is 0 Å². The van der Waals surface area contributed by atoms with E-state index >= 15 is 0 Å². The largest absolute Gasteiger partial charge is 0.497 e. The van der Waals surface area contributed by atoms with Crippen LogP contribution >= 0.6 is 0 Å². The summed E-state index contributed by atoms with van der Waals surface area (Å²) in [6.45, 7) is 3.19.